The van der Waals surface area contributed by atoms with E-state index in [-0.39, 0.29) is 27.9 Å². The van der Waals surface area contributed by atoms with Gasteiger partial charge in [0, 0.05) is 10.4 Å². The van der Waals surface area contributed by atoms with Gasteiger partial charge in [0.25, 0.3) is 5.78 Å². The molecule has 4 rings (SSSR count). The minimum atomic E-state index is -0.856. The van der Waals surface area contributed by atoms with Crippen molar-refractivity contribution in [2.45, 2.75) is 33.7 Å². The van der Waals surface area contributed by atoms with Gasteiger partial charge in [-0.2, -0.15) is 0 Å². The summed E-state index contributed by atoms with van der Waals surface area (Å²) in [6.45, 7) is 7.29. The van der Waals surface area contributed by atoms with E-state index in [0.29, 0.717) is 16.1 Å². The molecule has 1 aliphatic heterocycles. The molecular formula is C24H22N2O5S2. The number of thiophene rings is 1. The van der Waals surface area contributed by atoms with Gasteiger partial charge in [-0.05, 0) is 50.8 Å². The molecule has 9 heteroatoms. The molecule has 0 spiro atoms. The molecule has 1 fully saturated rings. The number of benzene rings is 1. The van der Waals surface area contributed by atoms with Gasteiger partial charge < -0.3 is 9.84 Å². The molecule has 3 aromatic rings. The van der Waals surface area contributed by atoms with Crippen LogP contribution in [-0.4, -0.2) is 34.4 Å². The van der Waals surface area contributed by atoms with E-state index in [0.717, 1.165) is 22.5 Å². The SMILES string of the molecule is CCOC(=O)c1sc(N2C(=O)C(=O)/C(=C(/O)c3cc(C)ccc3C)C2c2cccs2)nc1C. The molecule has 7 nitrogen and oxygen atoms in total. The minimum absolute atomic E-state index is 0.00156. The standard InChI is InChI=1S/C24H22N2O5S2/c1-5-31-23(30)21-14(4)25-24(33-21)26-18(16-7-6-10-32-16)17(20(28)22(26)29)19(27)15-11-12(2)8-9-13(15)3/h6-11,18,27H,5H2,1-4H3/b19-17+. The summed E-state index contributed by atoms with van der Waals surface area (Å²) < 4.78 is 5.09. The van der Waals surface area contributed by atoms with Crippen molar-refractivity contribution in [2.24, 2.45) is 0 Å². The van der Waals surface area contributed by atoms with E-state index < -0.39 is 23.7 Å². The molecule has 2 aromatic heterocycles. The van der Waals surface area contributed by atoms with Crippen LogP contribution in [-0.2, 0) is 14.3 Å². The summed E-state index contributed by atoms with van der Waals surface area (Å²) in [4.78, 5) is 45.4. The third-order valence-electron chi connectivity index (χ3n) is 5.36. The number of aromatic nitrogens is 1. The van der Waals surface area contributed by atoms with Gasteiger partial charge in [-0.3, -0.25) is 14.5 Å². The summed E-state index contributed by atoms with van der Waals surface area (Å²) in [6.07, 6.45) is 0. The number of esters is 1. The molecular weight excluding hydrogens is 460 g/mol. The normalized spacial score (nSPS) is 17.6. The van der Waals surface area contributed by atoms with Crippen LogP contribution in [0, 0.1) is 20.8 Å². The Balaban J connectivity index is 1.91. The maximum Gasteiger partial charge on any atom is 0.350 e. The van der Waals surface area contributed by atoms with E-state index in [2.05, 4.69) is 4.98 Å². The number of hydrogen-bond donors (Lipinski definition) is 1. The maximum absolute atomic E-state index is 13.2. The van der Waals surface area contributed by atoms with E-state index >= 15 is 0 Å². The highest BCUT2D eigenvalue weighted by atomic mass is 32.1. The number of amides is 1. The molecule has 1 N–H and O–H groups in total. The molecule has 0 aliphatic carbocycles. The number of carbonyl (C=O) groups is 3. The van der Waals surface area contributed by atoms with Crippen molar-refractivity contribution in [1.82, 2.24) is 4.98 Å². The zero-order valence-corrected chi connectivity index (χ0v) is 20.2. The quantitative estimate of drug-likeness (QED) is 0.240. The predicted molar refractivity (Wildman–Crippen MR) is 128 cm³/mol. The van der Waals surface area contributed by atoms with Crippen LogP contribution >= 0.6 is 22.7 Å². The minimum Gasteiger partial charge on any atom is -0.507 e. The summed E-state index contributed by atoms with van der Waals surface area (Å²) in [5, 5.41) is 13.3. The van der Waals surface area contributed by atoms with Gasteiger partial charge >= 0.3 is 11.9 Å². The number of anilines is 1. The lowest BCUT2D eigenvalue weighted by Crippen LogP contribution is -2.29. The number of ether oxygens (including phenoxy) is 1. The van der Waals surface area contributed by atoms with E-state index in [1.165, 1.54) is 16.2 Å². The third-order valence-corrected chi connectivity index (χ3v) is 7.42. The Labute approximate surface area is 199 Å². The van der Waals surface area contributed by atoms with Crippen LogP contribution in [0.4, 0.5) is 5.13 Å². The first-order valence-corrected chi connectivity index (χ1v) is 12.0. The Morgan fingerprint density at radius 3 is 2.64 bits per heavy atom. The van der Waals surface area contributed by atoms with E-state index in [1.807, 2.05) is 37.4 Å². The monoisotopic (exact) mass is 482 g/mol. The Morgan fingerprint density at radius 1 is 1.21 bits per heavy atom. The summed E-state index contributed by atoms with van der Waals surface area (Å²) in [7, 11) is 0. The van der Waals surface area contributed by atoms with Gasteiger partial charge in [-0.15, -0.1) is 11.3 Å². The van der Waals surface area contributed by atoms with Crippen LogP contribution in [0.2, 0.25) is 0 Å². The molecule has 1 atom stereocenters. The average molecular weight is 483 g/mol. The molecule has 1 aromatic carbocycles. The molecule has 3 heterocycles. The van der Waals surface area contributed by atoms with Gasteiger partial charge in [0.1, 0.15) is 16.7 Å². The molecule has 1 aliphatic rings. The number of nitrogens with zero attached hydrogens (tertiary/aromatic N) is 2. The highest BCUT2D eigenvalue weighted by Gasteiger charge is 2.49. The number of carbonyl (C=O) groups excluding carboxylic acids is 3. The van der Waals surface area contributed by atoms with Crippen LogP contribution in [0.3, 0.4) is 0 Å². The van der Waals surface area contributed by atoms with E-state index in [1.54, 1.807) is 26.0 Å². The average Bonchev–Trinajstić information content (AvgIpc) is 3.49. The van der Waals surface area contributed by atoms with Gasteiger partial charge in [-0.25, -0.2) is 9.78 Å². The highest BCUT2D eigenvalue weighted by Crippen LogP contribution is 2.45. The fourth-order valence-electron chi connectivity index (χ4n) is 3.75. The summed E-state index contributed by atoms with van der Waals surface area (Å²) in [6, 6.07) is 8.32. The van der Waals surface area contributed by atoms with Crippen LogP contribution in [0.1, 0.15) is 49.9 Å². The zero-order valence-electron chi connectivity index (χ0n) is 18.5. The molecule has 1 unspecified atom stereocenters. The number of aliphatic hydroxyl groups is 1. The Bertz CT molecular complexity index is 1290. The highest BCUT2D eigenvalue weighted by molar-refractivity contribution is 7.18. The van der Waals surface area contributed by atoms with E-state index in [9.17, 15) is 19.5 Å². The number of hydrogen-bond acceptors (Lipinski definition) is 8. The van der Waals surface area contributed by atoms with E-state index in [4.69, 9.17) is 4.74 Å². The molecule has 1 amide bonds. The third kappa shape index (κ3) is 3.98. The number of rotatable bonds is 5. The van der Waals surface area contributed by atoms with Crippen molar-refractivity contribution >= 4 is 51.2 Å². The Kier molecular flexibility index (Phi) is 6.18. The number of Topliss-reactive ketones (excluding diaryl/α,β-unsaturated/α-hetero) is 1. The Hall–Kier alpha value is -3.30. The van der Waals surface area contributed by atoms with Gasteiger partial charge in [0.05, 0.1) is 17.9 Å². The predicted octanol–water partition coefficient (Wildman–Crippen LogP) is 4.93. The van der Waals surface area contributed by atoms with Crippen LogP contribution in [0.15, 0.2) is 41.3 Å². The van der Waals surface area contributed by atoms with Crippen molar-refractivity contribution in [3.63, 3.8) is 0 Å². The van der Waals surface area contributed by atoms with Crippen molar-refractivity contribution in [3.8, 4) is 0 Å². The molecule has 0 radical (unpaired) electrons. The summed E-state index contributed by atoms with van der Waals surface area (Å²) in [5.41, 5.74) is 2.61. The van der Waals surface area contributed by atoms with Gasteiger partial charge in [-0.1, -0.05) is 35.1 Å². The number of aryl methyl sites for hydroxylation is 3. The smallest absolute Gasteiger partial charge is 0.350 e. The lowest BCUT2D eigenvalue weighted by Gasteiger charge is -2.21. The molecule has 0 saturated carbocycles. The van der Waals surface area contributed by atoms with Crippen LogP contribution in [0.5, 0.6) is 0 Å². The van der Waals surface area contributed by atoms with Crippen molar-refractivity contribution in [2.75, 3.05) is 11.5 Å². The van der Waals surface area contributed by atoms with Crippen LogP contribution in [0.25, 0.3) is 5.76 Å². The maximum atomic E-state index is 13.2. The lowest BCUT2D eigenvalue weighted by molar-refractivity contribution is -0.132. The summed E-state index contributed by atoms with van der Waals surface area (Å²) in [5.74, 6) is -2.35. The first kappa shape index (κ1) is 22.9. The topological polar surface area (TPSA) is 96.8 Å². The molecule has 0 bridgehead atoms. The zero-order chi connectivity index (χ0) is 23.9. The fourth-order valence-corrected chi connectivity index (χ4v) is 5.56. The summed E-state index contributed by atoms with van der Waals surface area (Å²) >= 11 is 2.36. The first-order valence-electron chi connectivity index (χ1n) is 10.3. The van der Waals surface area contributed by atoms with Crippen molar-refractivity contribution in [1.29, 1.82) is 0 Å². The molecule has 170 valence electrons. The first-order chi connectivity index (χ1) is 15.7. The Morgan fingerprint density at radius 2 is 1.97 bits per heavy atom. The molecule has 33 heavy (non-hydrogen) atoms. The molecule has 1 saturated heterocycles. The van der Waals surface area contributed by atoms with Crippen molar-refractivity contribution < 1.29 is 24.2 Å². The second kappa shape index (κ2) is 8.92. The fraction of sp³-hybridized carbons (Fsp3) is 0.250. The lowest BCUT2D eigenvalue weighted by atomic mass is 9.96. The number of aliphatic hydroxyl groups excluding tert-OH is 1. The largest absolute Gasteiger partial charge is 0.507 e. The van der Waals surface area contributed by atoms with Crippen LogP contribution < -0.4 is 4.90 Å². The number of ketones is 1. The van der Waals surface area contributed by atoms with Gasteiger partial charge in [0.15, 0.2) is 5.13 Å². The number of thiazole rings is 1. The van der Waals surface area contributed by atoms with Gasteiger partial charge in [0.2, 0.25) is 0 Å². The van der Waals surface area contributed by atoms with Crippen molar-refractivity contribution in [3.05, 3.63) is 73.4 Å². The second-order valence-electron chi connectivity index (χ2n) is 7.63. The second-order valence-corrected chi connectivity index (χ2v) is 9.59.